The molecule has 0 saturated carbocycles. The molecule has 8 nitrogen and oxygen atoms in total. The molecule has 0 aromatic heterocycles. The molecule has 0 bridgehead atoms. The Morgan fingerprint density at radius 2 is 1.55 bits per heavy atom. The topological polar surface area (TPSA) is 119 Å². The summed E-state index contributed by atoms with van der Waals surface area (Å²) in [5.41, 5.74) is 1.76. The zero-order valence-electron chi connectivity index (χ0n) is 18.5. The fourth-order valence-corrected chi connectivity index (χ4v) is 5.16. The number of nitrogens with one attached hydrogen (secondary N) is 2. The van der Waals surface area contributed by atoms with Gasteiger partial charge in [0.25, 0.3) is 15.9 Å². The SMILES string of the molecule is COc1ccccc1NS(=O)(=O)c1cc(NC(=O)c2cc(S(C)(=O)=O)ccc2C)ccc1C. The predicted octanol–water partition coefficient (Wildman–Crippen LogP) is 3.77. The van der Waals surface area contributed by atoms with Gasteiger partial charge in [-0.15, -0.1) is 0 Å². The van der Waals surface area contributed by atoms with E-state index in [4.69, 9.17) is 4.74 Å². The van der Waals surface area contributed by atoms with Crippen molar-refractivity contribution in [3.63, 3.8) is 0 Å². The maximum absolute atomic E-state index is 13.1. The van der Waals surface area contributed by atoms with E-state index < -0.39 is 25.8 Å². The van der Waals surface area contributed by atoms with Crippen LogP contribution >= 0.6 is 0 Å². The summed E-state index contributed by atoms with van der Waals surface area (Å²) >= 11 is 0. The number of anilines is 2. The third-order valence-electron chi connectivity index (χ3n) is 4.97. The number of hydrogen-bond donors (Lipinski definition) is 2. The van der Waals surface area contributed by atoms with Crippen molar-refractivity contribution in [1.82, 2.24) is 0 Å². The van der Waals surface area contributed by atoms with Crippen LogP contribution in [-0.4, -0.2) is 36.1 Å². The molecule has 33 heavy (non-hydrogen) atoms. The van der Waals surface area contributed by atoms with E-state index in [1.165, 1.54) is 25.3 Å². The van der Waals surface area contributed by atoms with Gasteiger partial charge in [-0.05, 0) is 61.4 Å². The first kappa shape index (κ1) is 24.3. The molecule has 0 saturated heterocycles. The summed E-state index contributed by atoms with van der Waals surface area (Å²) in [6, 6.07) is 15.4. The molecule has 3 aromatic carbocycles. The first-order valence-electron chi connectivity index (χ1n) is 9.81. The van der Waals surface area contributed by atoms with Crippen molar-refractivity contribution in [3.05, 3.63) is 77.4 Å². The summed E-state index contributed by atoms with van der Waals surface area (Å²) in [6.07, 6.45) is 1.06. The Kier molecular flexibility index (Phi) is 6.80. The highest BCUT2D eigenvalue weighted by atomic mass is 32.2. The van der Waals surface area contributed by atoms with Gasteiger partial charge >= 0.3 is 0 Å². The average molecular weight is 489 g/mol. The molecular formula is C23H24N2O6S2. The van der Waals surface area contributed by atoms with Crippen LogP contribution in [0.25, 0.3) is 0 Å². The molecule has 10 heteroatoms. The van der Waals surface area contributed by atoms with Crippen LogP contribution in [0.4, 0.5) is 11.4 Å². The number of carbonyl (C=O) groups excluding carboxylic acids is 1. The average Bonchev–Trinajstić information content (AvgIpc) is 2.74. The summed E-state index contributed by atoms with van der Waals surface area (Å²) in [5, 5.41) is 2.65. The van der Waals surface area contributed by atoms with Crippen molar-refractivity contribution in [2.75, 3.05) is 23.4 Å². The number of ether oxygens (including phenoxy) is 1. The van der Waals surface area contributed by atoms with Gasteiger partial charge in [0.1, 0.15) is 5.75 Å². The second-order valence-corrected chi connectivity index (χ2v) is 11.2. The van der Waals surface area contributed by atoms with Crippen LogP contribution in [0.3, 0.4) is 0 Å². The predicted molar refractivity (Wildman–Crippen MR) is 127 cm³/mol. The molecule has 0 atom stereocenters. The van der Waals surface area contributed by atoms with Gasteiger partial charge in [0.2, 0.25) is 0 Å². The minimum Gasteiger partial charge on any atom is -0.495 e. The molecule has 0 aliphatic heterocycles. The second kappa shape index (κ2) is 9.24. The lowest BCUT2D eigenvalue weighted by atomic mass is 10.1. The summed E-state index contributed by atoms with van der Waals surface area (Å²) in [6.45, 7) is 3.32. The highest BCUT2D eigenvalue weighted by Crippen LogP contribution is 2.28. The third kappa shape index (κ3) is 5.52. The number of sulfonamides is 1. The molecule has 3 aromatic rings. The first-order chi connectivity index (χ1) is 15.4. The summed E-state index contributed by atoms with van der Waals surface area (Å²) in [5.74, 6) is -0.188. The quantitative estimate of drug-likeness (QED) is 0.523. The number of methoxy groups -OCH3 is 1. The lowest BCUT2D eigenvalue weighted by molar-refractivity contribution is 0.102. The lowest BCUT2D eigenvalue weighted by Crippen LogP contribution is -2.17. The summed E-state index contributed by atoms with van der Waals surface area (Å²) in [7, 11) is -6.05. The van der Waals surface area contributed by atoms with Crippen LogP contribution in [0.2, 0.25) is 0 Å². The fourth-order valence-electron chi connectivity index (χ4n) is 3.17. The maximum Gasteiger partial charge on any atom is 0.262 e. The molecule has 0 heterocycles. The van der Waals surface area contributed by atoms with Crippen molar-refractivity contribution in [1.29, 1.82) is 0 Å². The number of benzene rings is 3. The van der Waals surface area contributed by atoms with Gasteiger partial charge in [-0.1, -0.05) is 24.3 Å². The largest absolute Gasteiger partial charge is 0.495 e. The Bertz CT molecular complexity index is 1430. The lowest BCUT2D eigenvalue weighted by Gasteiger charge is -2.15. The first-order valence-corrected chi connectivity index (χ1v) is 13.2. The van der Waals surface area contributed by atoms with Crippen molar-refractivity contribution in [3.8, 4) is 5.75 Å². The number of hydrogen-bond acceptors (Lipinski definition) is 6. The number of carbonyl (C=O) groups is 1. The van der Waals surface area contributed by atoms with Crippen LogP contribution in [0, 0.1) is 13.8 Å². The molecule has 0 radical (unpaired) electrons. The highest BCUT2D eigenvalue weighted by Gasteiger charge is 2.21. The van der Waals surface area contributed by atoms with Crippen LogP contribution in [0.1, 0.15) is 21.5 Å². The third-order valence-corrected chi connectivity index (χ3v) is 7.59. The van der Waals surface area contributed by atoms with E-state index in [0.29, 0.717) is 16.9 Å². The Morgan fingerprint density at radius 3 is 2.21 bits per heavy atom. The second-order valence-electron chi connectivity index (χ2n) is 7.49. The van der Waals surface area contributed by atoms with E-state index in [1.54, 1.807) is 56.3 Å². The van der Waals surface area contributed by atoms with Gasteiger partial charge in [0.05, 0.1) is 22.6 Å². The molecular weight excluding hydrogens is 464 g/mol. The minimum absolute atomic E-state index is 0.0198. The molecule has 3 rings (SSSR count). The van der Waals surface area contributed by atoms with Crippen LogP contribution in [-0.2, 0) is 19.9 Å². The Morgan fingerprint density at radius 1 is 0.879 bits per heavy atom. The zero-order chi connectivity index (χ0) is 24.4. The number of para-hydroxylation sites is 2. The van der Waals surface area contributed by atoms with Gasteiger partial charge < -0.3 is 10.1 Å². The van der Waals surface area contributed by atoms with Gasteiger partial charge in [-0.3, -0.25) is 9.52 Å². The van der Waals surface area contributed by atoms with Crippen molar-refractivity contribution in [2.45, 2.75) is 23.6 Å². The van der Waals surface area contributed by atoms with E-state index in [9.17, 15) is 21.6 Å². The van der Waals surface area contributed by atoms with Crippen molar-refractivity contribution < 1.29 is 26.4 Å². The normalized spacial score (nSPS) is 11.6. The fraction of sp³-hybridized carbons (Fsp3) is 0.174. The summed E-state index contributed by atoms with van der Waals surface area (Å²) in [4.78, 5) is 12.8. The minimum atomic E-state index is -3.99. The Hall–Kier alpha value is -3.37. The summed E-state index contributed by atoms with van der Waals surface area (Å²) < 4.78 is 57.5. The van der Waals surface area contributed by atoms with Gasteiger partial charge in [0.15, 0.2) is 9.84 Å². The van der Waals surface area contributed by atoms with Crippen molar-refractivity contribution >= 4 is 37.1 Å². The molecule has 0 aliphatic carbocycles. The maximum atomic E-state index is 13.1. The van der Waals surface area contributed by atoms with E-state index in [-0.39, 0.29) is 26.7 Å². The number of amides is 1. The van der Waals surface area contributed by atoms with Crippen LogP contribution in [0.5, 0.6) is 5.75 Å². The van der Waals surface area contributed by atoms with Gasteiger partial charge in [-0.25, -0.2) is 16.8 Å². The monoisotopic (exact) mass is 488 g/mol. The molecule has 0 spiro atoms. The molecule has 174 valence electrons. The smallest absolute Gasteiger partial charge is 0.262 e. The van der Waals surface area contributed by atoms with Gasteiger partial charge in [0, 0.05) is 17.5 Å². The molecule has 2 N–H and O–H groups in total. The van der Waals surface area contributed by atoms with Crippen molar-refractivity contribution in [2.24, 2.45) is 0 Å². The standard InChI is InChI=1S/C23H24N2O6S2/c1-15-10-12-18(32(4,27)28)14-19(15)23(26)24-17-11-9-16(2)22(13-17)33(29,30)25-20-7-5-6-8-21(20)31-3/h5-14,25H,1-4H3,(H,24,26). The van der Waals surface area contributed by atoms with Crippen LogP contribution < -0.4 is 14.8 Å². The molecule has 0 fully saturated rings. The number of aryl methyl sites for hydroxylation is 2. The molecule has 0 aliphatic rings. The number of sulfone groups is 1. The molecule has 1 amide bonds. The van der Waals surface area contributed by atoms with E-state index >= 15 is 0 Å². The highest BCUT2D eigenvalue weighted by molar-refractivity contribution is 7.92. The zero-order valence-corrected chi connectivity index (χ0v) is 20.2. The van der Waals surface area contributed by atoms with Crippen LogP contribution in [0.15, 0.2) is 70.5 Å². The number of rotatable bonds is 7. The van der Waals surface area contributed by atoms with Gasteiger partial charge in [-0.2, -0.15) is 0 Å². The van der Waals surface area contributed by atoms with E-state index in [1.807, 2.05) is 0 Å². The van der Waals surface area contributed by atoms with E-state index in [2.05, 4.69) is 10.0 Å². The molecule has 0 unspecified atom stereocenters. The van der Waals surface area contributed by atoms with E-state index in [0.717, 1.165) is 6.26 Å². The Labute approximate surface area is 193 Å². The Balaban J connectivity index is 1.93.